The molecule has 0 heterocycles. The predicted octanol–water partition coefficient (Wildman–Crippen LogP) is 5.04. The Balaban J connectivity index is 2.21. The maximum Gasteiger partial charge on any atom is 0.139 e. The van der Waals surface area contributed by atoms with E-state index in [-0.39, 0.29) is 17.6 Å². The van der Waals surface area contributed by atoms with Crippen LogP contribution in [0.15, 0.2) is 16.6 Å². The molecule has 0 spiro atoms. The summed E-state index contributed by atoms with van der Waals surface area (Å²) in [6.45, 7) is 4.32. The van der Waals surface area contributed by atoms with Crippen LogP contribution >= 0.6 is 39.1 Å². The molecule has 1 aliphatic rings. The van der Waals surface area contributed by atoms with E-state index in [1.165, 1.54) is 0 Å². The fourth-order valence-corrected chi connectivity index (χ4v) is 3.76. The highest BCUT2D eigenvalue weighted by Crippen LogP contribution is 2.49. The number of benzene rings is 1. The molecule has 0 aromatic heterocycles. The molecular weight excluding hydrogens is 349 g/mol. The minimum atomic E-state index is 0.0584. The van der Waals surface area contributed by atoms with E-state index in [4.69, 9.17) is 33.7 Å². The molecule has 1 aromatic rings. The normalized spacial score (nSPS) is 24.9. The molecule has 0 bridgehead atoms. The summed E-state index contributed by atoms with van der Waals surface area (Å²) in [6, 6.07) is 3.72. The van der Waals surface area contributed by atoms with Crippen molar-refractivity contribution in [3.63, 3.8) is 0 Å². The van der Waals surface area contributed by atoms with Gasteiger partial charge in [-0.3, -0.25) is 0 Å². The number of halogens is 3. The second-order valence-corrected chi connectivity index (χ2v) is 6.75. The van der Waals surface area contributed by atoms with Crippen LogP contribution in [0.4, 0.5) is 0 Å². The summed E-state index contributed by atoms with van der Waals surface area (Å²) in [5.74, 6) is 0.637. The lowest BCUT2D eigenvalue weighted by Gasteiger charge is -2.53. The molecule has 2 atom stereocenters. The van der Waals surface area contributed by atoms with Gasteiger partial charge in [-0.2, -0.15) is 0 Å². The van der Waals surface area contributed by atoms with E-state index >= 15 is 0 Å². The number of ether oxygens (including phenoxy) is 1. The van der Waals surface area contributed by atoms with Crippen LogP contribution in [0, 0.1) is 5.41 Å². The van der Waals surface area contributed by atoms with Gasteiger partial charge >= 0.3 is 0 Å². The number of hydrogen-bond donors (Lipinski definition) is 1. The summed E-state index contributed by atoms with van der Waals surface area (Å²) in [7, 11) is 0. The first-order valence-electron chi connectivity index (χ1n) is 6.51. The summed E-state index contributed by atoms with van der Waals surface area (Å²) in [5, 5.41) is 1.17. The van der Waals surface area contributed by atoms with Gasteiger partial charge in [0.05, 0.1) is 10.0 Å². The van der Waals surface area contributed by atoms with Crippen LogP contribution in [0.5, 0.6) is 5.75 Å². The molecule has 19 heavy (non-hydrogen) atoms. The summed E-state index contributed by atoms with van der Waals surface area (Å²) in [4.78, 5) is 0. The molecule has 106 valence electrons. The van der Waals surface area contributed by atoms with Crippen molar-refractivity contribution in [1.82, 2.24) is 0 Å². The lowest BCUT2D eigenvalue weighted by atomic mass is 9.59. The first kappa shape index (κ1) is 15.4. The number of rotatable bonds is 4. The zero-order valence-electron chi connectivity index (χ0n) is 11.1. The van der Waals surface area contributed by atoms with Gasteiger partial charge in [-0.25, -0.2) is 0 Å². The third-order valence-corrected chi connectivity index (χ3v) is 5.90. The molecule has 2 unspecified atom stereocenters. The van der Waals surface area contributed by atoms with E-state index in [0.717, 1.165) is 23.7 Å². The fourth-order valence-electron chi connectivity index (χ4n) is 2.92. The lowest BCUT2D eigenvalue weighted by molar-refractivity contribution is -0.0721. The van der Waals surface area contributed by atoms with Crippen molar-refractivity contribution in [3.05, 3.63) is 26.7 Å². The van der Waals surface area contributed by atoms with Gasteiger partial charge in [0, 0.05) is 28.4 Å². The van der Waals surface area contributed by atoms with Crippen LogP contribution < -0.4 is 10.5 Å². The molecule has 1 aliphatic carbocycles. The fraction of sp³-hybridized carbons (Fsp3) is 0.571. The molecule has 1 aromatic carbocycles. The van der Waals surface area contributed by atoms with Gasteiger partial charge in [0.2, 0.25) is 0 Å². The van der Waals surface area contributed by atoms with Crippen molar-refractivity contribution in [3.8, 4) is 5.75 Å². The minimum Gasteiger partial charge on any atom is -0.488 e. The third kappa shape index (κ3) is 2.63. The molecule has 0 saturated heterocycles. The topological polar surface area (TPSA) is 35.2 Å². The molecule has 0 radical (unpaired) electrons. The first-order valence-corrected chi connectivity index (χ1v) is 8.06. The molecule has 5 heteroatoms. The molecule has 1 saturated carbocycles. The largest absolute Gasteiger partial charge is 0.488 e. The maximum absolute atomic E-state index is 6.20. The molecule has 0 amide bonds. The highest BCUT2D eigenvalue weighted by Gasteiger charge is 2.52. The average Bonchev–Trinajstić information content (AvgIpc) is 2.36. The van der Waals surface area contributed by atoms with Gasteiger partial charge in [0.15, 0.2) is 0 Å². The van der Waals surface area contributed by atoms with E-state index in [1.54, 1.807) is 12.1 Å². The van der Waals surface area contributed by atoms with Crippen LogP contribution in [0.25, 0.3) is 0 Å². The van der Waals surface area contributed by atoms with E-state index in [1.807, 2.05) is 0 Å². The van der Waals surface area contributed by atoms with Gasteiger partial charge in [-0.15, -0.1) is 0 Å². The monoisotopic (exact) mass is 365 g/mol. The average molecular weight is 367 g/mol. The minimum absolute atomic E-state index is 0.0584. The number of hydrogen-bond acceptors (Lipinski definition) is 2. The maximum atomic E-state index is 6.20. The SMILES string of the molecule is CCC1(CC)C(N)CC1Oc1cc(Cl)c(Br)cc1Cl. The molecule has 2 nitrogen and oxygen atoms in total. The van der Waals surface area contributed by atoms with Crippen molar-refractivity contribution in [1.29, 1.82) is 0 Å². The van der Waals surface area contributed by atoms with Crippen LogP contribution in [0.2, 0.25) is 10.0 Å². The Hall–Kier alpha value is 0.0400. The number of nitrogens with two attached hydrogens (primary N) is 1. The van der Waals surface area contributed by atoms with Crippen molar-refractivity contribution < 1.29 is 4.74 Å². The zero-order chi connectivity index (χ0) is 14.2. The molecule has 0 aliphatic heterocycles. The highest BCUT2D eigenvalue weighted by molar-refractivity contribution is 9.10. The van der Waals surface area contributed by atoms with Crippen LogP contribution in [-0.4, -0.2) is 12.1 Å². The van der Waals surface area contributed by atoms with Crippen LogP contribution in [-0.2, 0) is 0 Å². The smallest absolute Gasteiger partial charge is 0.139 e. The molecule has 1 fully saturated rings. The Labute approximate surface area is 132 Å². The summed E-state index contributed by atoms with van der Waals surface area (Å²) in [6.07, 6.45) is 3.01. The van der Waals surface area contributed by atoms with E-state index in [2.05, 4.69) is 29.8 Å². The standard InChI is InChI=1S/C14H18BrCl2NO/c1-3-14(4-2)12(18)7-13(14)19-11-6-9(16)8(15)5-10(11)17/h5-6,12-13H,3-4,7,18H2,1-2H3. The van der Waals surface area contributed by atoms with Crippen LogP contribution in [0.3, 0.4) is 0 Å². The zero-order valence-corrected chi connectivity index (χ0v) is 14.1. The quantitative estimate of drug-likeness (QED) is 0.757. The second-order valence-electron chi connectivity index (χ2n) is 5.09. The van der Waals surface area contributed by atoms with Crippen molar-refractivity contribution in [2.75, 3.05) is 0 Å². The Morgan fingerprint density at radius 2 is 1.95 bits per heavy atom. The molecule has 2 N–H and O–H groups in total. The van der Waals surface area contributed by atoms with Crippen LogP contribution in [0.1, 0.15) is 33.1 Å². The molecular formula is C14H18BrCl2NO. The van der Waals surface area contributed by atoms with Gasteiger partial charge in [0.25, 0.3) is 0 Å². The predicted molar refractivity (Wildman–Crippen MR) is 84.2 cm³/mol. The van der Waals surface area contributed by atoms with E-state index < -0.39 is 0 Å². The van der Waals surface area contributed by atoms with Crippen molar-refractivity contribution in [2.45, 2.75) is 45.3 Å². The Morgan fingerprint density at radius 1 is 1.32 bits per heavy atom. The first-order chi connectivity index (χ1) is 8.94. The lowest BCUT2D eigenvalue weighted by Crippen LogP contribution is -2.62. The Morgan fingerprint density at radius 3 is 2.47 bits per heavy atom. The van der Waals surface area contributed by atoms with Gasteiger partial charge in [0.1, 0.15) is 11.9 Å². The molecule has 2 rings (SSSR count). The van der Waals surface area contributed by atoms with E-state index in [0.29, 0.717) is 15.8 Å². The second kappa shape index (κ2) is 5.80. The Bertz CT molecular complexity index is 477. The van der Waals surface area contributed by atoms with Gasteiger partial charge < -0.3 is 10.5 Å². The van der Waals surface area contributed by atoms with Gasteiger partial charge in [-0.05, 0) is 34.8 Å². The third-order valence-electron chi connectivity index (χ3n) is 4.41. The van der Waals surface area contributed by atoms with Crippen molar-refractivity contribution in [2.24, 2.45) is 11.1 Å². The highest BCUT2D eigenvalue weighted by atomic mass is 79.9. The summed E-state index contributed by atoms with van der Waals surface area (Å²) < 4.78 is 6.84. The van der Waals surface area contributed by atoms with Crippen molar-refractivity contribution >= 4 is 39.1 Å². The van der Waals surface area contributed by atoms with E-state index in [9.17, 15) is 0 Å². The van der Waals surface area contributed by atoms with Gasteiger partial charge in [-0.1, -0.05) is 37.0 Å². The summed E-state index contributed by atoms with van der Waals surface area (Å²) >= 11 is 15.6. The summed E-state index contributed by atoms with van der Waals surface area (Å²) in [5.41, 5.74) is 6.23. The Kier molecular flexibility index (Phi) is 4.71.